The van der Waals surface area contributed by atoms with Crippen LogP contribution in [0.25, 0.3) is 0 Å². The summed E-state index contributed by atoms with van der Waals surface area (Å²) in [5.74, 6) is 0.950. The third-order valence-corrected chi connectivity index (χ3v) is 4.58. The topological polar surface area (TPSA) is 35.2 Å². The molecule has 2 unspecified atom stereocenters. The van der Waals surface area contributed by atoms with Crippen LogP contribution in [-0.4, -0.2) is 12.6 Å². The molecule has 0 saturated heterocycles. The molecule has 1 aliphatic carbocycles. The van der Waals surface area contributed by atoms with Crippen molar-refractivity contribution in [2.24, 2.45) is 11.1 Å². The molecule has 2 heteroatoms. The van der Waals surface area contributed by atoms with Crippen LogP contribution in [0.3, 0.4) is 0 Å². The Kier molecular flexibility index (Phi) is 2.94. The average molecular weight is 233 g/mol. The Labute approximate surface area is 104 Å². The minimum Gasteiger partial charge on any atom is -0.494 e. The van der Waals surface area contributed by atoms with E-state index in [0.717, 1.165) is 18.8 Å². The van der Waals surface area contributed by atoms with Crippen LogP contribution in [0.15, 0.2) is 24.3 Å². The van der Waals surface area contributed by atoms with Crippen molar-refractivity contribution in [2.45, 2.75) is 45.6 Å². The summed E-state index contributed by atoms with van der Waals surface area (Å²) in [5.41, 5.74) is 7.82. The molecule has 0 heterocycles. The van der Waals surface area contributed by atoms with Gasteiger partial charge in [-0.1, -0.05) is 39.8 Å². The lowest BCUT2D eigenvalue weighted by Gasteiger charge is -2.15. The van der Waals surface area contributed by atoms with Gasteiger partial charge in [-0.15, -0.1) is 0 Å². The summed E-state index contributed by atoms with van der Waals surface area (Å²) < 4.78 is 5.59. The summed E-state index contributed by atoms with van der Waals surface area (Å²) >= 11 is 0. The predicted molar refractivity (Wildman–Crippen MR) is 71.3 cm³/mol. The van der Waals surface area contributed by atoms with Crippen molar-refractivity contribution in [3.8, 4) is 5.75 Å². The normalized spacial score (nSPS) is 30.1. The molecule has 94 valence electrons. The molecular formula is C15H23NO. The zero-order chi connectivity index (χ0) is 12.7. The van der Waals surface area contributed by atoms with Gasteiger partial charge in [0.1, 0.15) is 5.75 Å². The van der Waals surface area contributed by atoms with Crippen LogP contribution in [0.2, 0.25) is 0 Å². The van der Waals surface area contributed by atoms with E-state index in [0.29, 0.717) is 0 Å². The molecule has 0 spiro atoms. The maximum Gasteiger partial charge on any atom is 0.119 e. The molecule has 0 radical (unpaired) electrons. The Balaban J connectivity index is 2.15. The highest BCUT2D eigenvalue weighted by molar-refractivity contribution is 5.43. The van der Waals surface area contributed by atoms with Gasteiger partial charge in [-0.3, -0.25) is 0 Å². The second-order valence-corrected chi connectivity index (χ2v) is 5.77. The van der Waals surface area contributed by atoms with Crippen molar-refractivity contribution < 1.29 is 4.74 Å². The molecule has 1 fully saturated rings. The molecule has 2 N–H and O–H groups in total. The zero-order valence-electron chi connectivity index (χ0n) is 11.3. The van der Waals surface area contributed by atoms with E-state index in [9.17, 15) is 0 Å². The van der Waals surface area contributed by atoms with E-state index in [2.05, 4.69) is 52.0 Å². The second kappa shape index (κ2) is 4.02. The number of ether oxygens (including phenoxy) is 1. The molecule has 1 aromatic rings. The van der Waals surface area contributed by atoms with E-state index < -0.39 is 0 Å². The third-order valence-electron chi connectivity index (χ3n) is 4.58. The maximum absolute atomic E-state index is 6.20. The fraction of sp³-hybridized carbons (Fsp3) is 0.600. The summed E-state index contributed by atoms with van der Waals surface area (Å²) in [5, 5.41) is 0. The van der Waals surface area contributed by atoms with Gasteiger partial charge in [-0.25, -0.2) is 0 Å². The molecule has 1 aliphatic rings. The van der Waals surface area contributed by atoms with Crippen LogP contribution in [0, 0.1) is 5.41 Å². The zero-order valence-corrected chi connectivity index (χ0v) is 11.3. The average Bonchev–Trinajstić information content (AvgIpc) is 2.72. The molecule has 1 saturated carbocycles. The van der Waals surface area contributed by atoms with Crippen molar-refractivity contribution in [1.82, 2.24) is 0 Å². The van der Waals surface area contributed by atoms with Gasteiger partial charge < -0.3 is 10.5 Å². The van der Waals surface area contributed by atoms with E-state index in [-0.39, 0.29) is 16.9 Å². The Morgan fingerprint density at radius 2 is 1.71 bits per heavy atom. The Bertz CT molecular complexity index is 396. The van der Waals surface area contributed by atoms with Crippen molar-refractivity contribution >= 4 is 0 Å². The monoisotopic (exact) mass is 233 g/mol. The van der Waals surface area contributed by atoms with E-state index >= 15 is 0 Å². The van der Waals surface area contributed by atoms with Crippen molar-refractivity contribution in [2.75, 3.05) is 6.61 Å². The highest BCUT2D eigenvalue weighted by atomic mass is 16.5. The van der Waals surface area contributed by atoms with E-state index in [4.69, 9.17) is 10.5 Å². The molecule has 0 aromatic heterocycles. The van der Waals surface area contributed by atoms with E-state index in [1.165, 1.54) is 5.56 Å². The minimum absolute atomic E-state index is 0.107. The predicted octanol–water partition coefficient (Wildman–Crippen LogP) is 3.10. The molecule has 2 nitrogen and oxygen atoms in total. The van der Waals surface area contributed by atoms with E-state index in [1.54, 1.807) is 0 Å². The van der Waals surface area contributed by atoms with Crippen LogP contribution in [0.5, 0.6) is 5.75 Å². The fourth-order valence-corrected chi connectivity index (χ4v) is 2.69. The first-order valence-corrected chi connectivity index (χ1v) is 6.43. The number of rotatable bonds is 4. The number of hydrogen-bond acceptors (Lipinski definition) is 2. The van der Waals surface area contributed by atoms with Crippen LogP contribution in [0.1, 0.15) is 39.7 Å². The molecule has 1 aromatic carbocycles. The fourth-order valence-electron chi connectivity index (χ4n) is 2.69. The number of benzene rings is 1. The molecule has 0 amide bonds. The largest absolute Gasteiger partial charge is 0.494 e. The molecule has 0 aliphatic heterocycles. The van der Waals surface area contributed by atoms with Gasteiger partial charge in [0.25, 0.3) is 0 Å². The smallest absolute Gasteiger partial charge is 0.119 e. The van der Waals surface area contributed by atoms with Crippen LogP contribution >= 0.6 is 0 Å². The third kappa shape index (κ3) is 1.75. The maximum atomic E-state index is 6.20. The number of nitrogens with two attached hydrogens (primary N) is 1. The highest BCUT2D eigenvalue weighted by Crippen LogP contribution is 2.62. The summed E-state index contributed by atoms with van der Waals surface area (Å²) in [7, 11) is 0. The van der Waals surface area contributed by atoms with Crippen LogP contribution in [-0.2, 0) is 5.41 Å². The lowest BCUT2D eigenvalue weighted by atomic mass is 9.90. The van der Waals surface area contributed by atoms with Gasteiger partial charge in [0.05, 0.1) is 6.61 Å². The molecule has 0 bridgehead atoms. The van der Waals surface area contributed by atoms with Crippen molar-refractivity contribution in [3.63, 3.8) is 0 Å². The minimum atomic E-state index is 0.107. The summed E-state index contributed by atoms with van der Waals surface area (Å²) in [6.07, 6.45) is 1.04. The lowest BCUT2D eigenvalue weighted by Crippen LogP contribution is -2.14. The summed E-state index contributed by atoms with van der Waals surface area (Å²) in [6.45, 7) is 9.61. The molecule has 17 heavy (non-hydrogen) atoms. The Morgan fingerprint density at radius 1 is 1.18 bits per heavy atom. The highest BCUT2D eigenvalue weighted by Gasteiger charge is 2.66. The van der Waals surface area contributed by atoms with Crippen LogP contribution < -0.4 is 10.5 Å². The second-order valence-electron chi connectivity index (χ2n) is 5.77. The quantitative estimate of drug-likeness (QED) is 0.867. The molecular weight excluding hydrogens is 210 g/mol. The first-order chi connectivity index (χ1) is 7.94. The van der Waals surface area contributed by atoms with Gasteiger partial charge >= 0.3 is 0 Å². The van der Waals surface area contributed by atoms with Crippen molar-refractivity contribution in [1.29, 1.82) is 0 Å². The molecule has 2 rings (SSSR count). The SMILES string of the molecule is CCCOc1ccc(C2(C)C(N)C2(C)C)cc1. The van der Waals surface area contributed by atoms with Crippen LogP contribution in [0.4, 0.5) is 0 Å². The Hall–Kier alpha value is -1.02. The number of hydrogen-bond donors (Lipinski definition) is 1. The summed E-state index contributed by atoms with van der Waals surface area (Å²) in [4.78, 5) is 0. The van der Waals surface area contributed by atoms with Gasteiger partial charge in [0.15, 0.2) is 0 Å². The first kappa shape index (κ1) is 12.4. The van der Waals surface area contributed by atoms with Gasteiger partial charge in [0, 0.05) is 11.5 Å². The Morgan fingerprint density at radius 3 is 2.12 bits per heavy atom. The standard InChI is InChI=1S/C15H23NO/c1-5-10-17-12-8-6-11(7-9-12)15(4)13(16)14(15,2)3/h6-9,13H,5,10,16H2,1-4H3. The molecule has 2 atom stereocenters. The first-order valence-electron chi connectivity index (χ1n) is 6.43. The summed E-state index contributed by atoms with van der Waals surface area (Å²) in [6, 6.07) is 8.66. The van der Waals surface area contributed by atoms with Gasteiger partial charge in [0.2, 0.25) is 0 Å². The van der Waals surface area contributed by atoms with Crippen molar-refractivity contribution in [3.05, 3.63) is 29.8 Å². The lowest BCUT2D eigenvalue weighted by molar-refractivity contribution is 0.317. The van der Waals surface area contributed by atoms with Gasteiger partial charge in [-0.05, 0) is 29.5 Å². The van der Waals surface area contributed by atoms with Gasteiger partial charge in [-0.2, -0.15) is 0 Å². The van der Waals surface area contributed by atoms with E-state index in [1.807, 2.05) is 0 Å².